The molecule has 1 N–H and O–H groups in total. The van der Waals surface area contributed by atoms with Crippen LogP contribution in [-0.2, 0) is 19.1 Å². The average Bonchev–Trinajstić information content (AvgIpc) is 3.21. The first kappa shape index (κ1) is 25.4. The van der Waals surface area contributed by atoms with E-state index < -0.39 is 18.5 Å². The lowest BCUT2D eigenvalue weighted by Gasteiger charge is -2.28. The van der Waals surface area contributed by atoms with E-state index in [4.69, 9.17) is 4.74 Å². The fourth-order valence-corrected chi connectivity index (χ4v) is 5.56. The van der Waals surface area contributed by atoms with Crippen molar-refractivity contribution in [1.29, 1.82) is 0 Å². The molecule has 1 saturated carbocycles. The van der Waals surface area contributed by atoms with Gasteiger partial charge in [0.15, 0.2) is 6.61 Å². The van der Waals surface area contributed by atoms with Crippen LogP contribution >= 0.6 is 0 Å². The van der Waals surface area contributed by atoms with E-state index in [0.29, 0.717) is 18.5 Å². The summed E-state index contributed by atoms with van der Waals surface area (Å²) in [5.74, 6) is -2.03. The van der Waals surface area contributed by atoms with Crippen LogP contribution in [-0.4, -0.2) is 30.3 Å². The molecule has 7 heteroatoms. The van der Waals surface area contributed by atoms with E-state index in [0.717, 1.165) is 12.0 Å². The van der Waals surface area contributed by atoms with Crippen molar-refractivity contribution < 1.29 is 23.9 Å². The van der Waals surface area contributed by atoms with Crippen LogP contribution in [0.25, 0.3) is 0 Å². The van der Waals surface area contributed by atoms with Crippen LogP contribution < -0.4 is 10.2 Å². The molecular weight excluding hydrogens is 480 g/mol. The van der Waals surface area contributed by atoms with Crippen LogP contribution in [0.1, 0.15) is 59.6 Å². The lowest BCUT2D eigenvalue weighted by atomic mass is 9.73. The van der Waals surface area contributed by atoms with Gasteiger partial charge in [-0.15, -0.1) is 0 Å². The normalized spacial score (nSPS) is 21.5. The van der Waals surface area contributed by atoms with Gasteiger partial charge in [0, 0.05) is 0 Å². The molecule has 0 aromatic heterocycles. The molecule has 0 unspecified atom stereocenters. The monoisotopic (exact) mass is 510 g/mol. The van der Waals surface area contributed by atoms with Gasteiger partial charge in [-0.2, -0.15) is 0 Å². The molecule has 1 saturated heterocycles. The van der Waals surface area contributed by atoms with E-state index in [9.17, 15) is 19.2 Å². The molecule has 2 aliphatic rings. The highest BCUT2D eigenvalue weighted by Crippen LogP contribution is 2.45. The fraction of sp³-hybridized carbons (Fsp3) is 0.290. The summed E-state index contributed by atoms with van der Waals surface area (Å²) >= 11 is 0. The van der Waals surface area contributed by atoms with Gasteiger partial charge < -0.3 is 10.1 Å². The Morgan fingerprint density at radius 3 is 2.32 bits per heavy atom. The molecule has 38 heavy (non-hydrogen) atoms. The van der Waals surface area contributed by atoms with E-state index in [1.165, 1.54) is 16.5 Å². The maximum atomic E-state index is 13.4. The molecular formula is C31H30N2O5. The molecule has 3 aromatic carbocycles. The lowest BCUT2D eigenvalue weighted by molar-refractivity contribution is -0.125. The Morgan fingerprint density at radius 1 is 0.895 bits per heavy atom. The number of anilines is 1. The van der Waals surface area contributed by atoms with E-state index in [1.807, 2.05) is 55.5 Å². The third-order valence-corrected chi connectivity index (χ3v) is 7.55. The van der Waals surface area contributed by atoms with Gasteiger partial charge in [0.1, 0.15) is 0 Å². The van der Waals surface area contributed by atoms with Crippen molar-refractivity contribution >= 4 is 29.4 Å². The zero-order valence-corrected chi connectivity index (χ0v) is 21.2. The van der Waals surface area contributed by atoms with Gasteiger partial charge in [-0.05, 0) is 61.4 Å². The smallest absolute Gasteiger partial charge is 0.338 e. The van der Waals surface area contributed by atoms with Crippen LogP contribution in [0.5, 0.6) is 0 Å². The van der Waals surface area contributed by atoms with Crippen LogP contribution in [0.3, 0.4) is 0 Å². The van der Waals surface area contributed by atoms with Crippen molar-refractivity contribution in [2.75, 3.05) is 11.5 Å². The van der Waals surface area contributed by atoms with Gasteiger partial charge in [-0.25, -0.2) is 4.79 Å². The minimum absolute atomic E-state index is 0.170. The van der Waals surface area contributed by atoms with E-state index in [-0.39, 0.29) is 41.2 Å². The van der Waals surface area contributed by atoms with Crippen LogP contribution in [0.2, 0.25) is 0 Å². The number of hydrogen-bond donors (Lipinski definition) is 1. The topological polar surface area (TPSA) is 92.8 Å². The summed E-state index contributed by atoms with van der Waals surface area (Å²) in [6.07, 6.45) is 2.15. The Morgan fingerprint density at radius 2 is 1.58 bits per heavy atom. The summed E-state index contributed by atoms with van der Waals surface area (Å²) < 4.78 is 5.22. The number of esters is 1. The Kier molecular flexibility index (Phi) is 7.36. The predicted octanol–water partition coefficient (Wildman–Crippen LogP) is 4.79. The van der Waals surface area contributed by atoms with Gasteiger partial charge >= 0.3 is 5.97 Å². The van der Waals surface area contributed by atoms with Gasteiger partial charge in [0.05, 0.1) is 29.1 Å². The molecule has 0 bridgehead atoms. The standard InChI is InChI=1S/C31H30N2O5/c1-20(21-9-4-2-5-10-21)32-28(34)19-38-31(37)24-13-8-14-25(17-24)33-29(35)26-16-15-23(18-27(26)30(33)36)22-11-6-3-7-12-22/h2-14,17,20,23,26-27H,15-16,18-19H2,1H3,(H,32,34)/t20-,23+,26+,27-/m0/s1. The molecule has 0 radical (unpaired) electrons. The molecule has 1 aliphatic heterocycles. The molecule has 3 amide bonds. The summed E-state index contributed by atoms with van der Waals surface area (Å²) in [6.45, 7) is 1.41. The average molecular weight is 511 g/mol. The third-order valence-electron chi connectivity index (χ3n) is 7.55. The van der Waals surface area contributed by atoms with E-state index in [1.54, 1.807) is 18.2 Å². The van der Waals surface area contributed by atoms with E-state index in [2.05, 4.69) is 17.4 Å². The van der Waals surface area contributed by atoms with Crippen LogP contribution in [0.15, 0.2) is 84.9 Å². The summed E-state index contributed by atoms with van der Waals surface area (Å²) in [7, 11) is 0. The number of nitrogens with one attached hydrogen (secondary N) is 1. The number of rotatable bonds is 7. The number of hydrogen-bond acceptors (Lipinski definition) is 5. The van der Waals surface area contributed by atoms with Crippen molar-refractivity contribution in [3.05, 3.63) is 102 Å². The zero-order valence-electron chi connectivity index (χ0n) is 21.2. The van der Waals surface area contributed by atoms with Crippen molar-refractivity contribution in [3.8, 4) is 0 Å². The maximum absolute atomic E-state index is 13.4. The van der Waals surface area contributed by atoms with Crippen molar-refractivity contribution in [1.82, 2.24) is 5.32 Å². The Bertz CT molecular complexity index is 1340. The Balaban J connectivity index is 1.22. The molecule has 3 aromatic rings. The first-order valence-corrected chi connectivity index (χ1v) is 13.0. The summed E-state index contributed by atoms with van der Waals surface area (Å²) in [6, 6.07) is 25.6. The van der Waals surface area contributed by atoms with Gasteiger partial charge in [-0.3, -0.25) is 19.3 Å². The second-order valence-corrected chi connectivity index (χ2v) is 9.97. The number of carbonyl (C=O) groups is 4. The maximum Gasteiger partial charge on any atom is 0.338 e. The molecule has 4 atom stereocenters. The SMILES string of the molecule is C[C@H](NC(=O)COC(=O)c1cccc(N2C(=O)[C@H]3C[C@H](c4ccccc4)CC[C@H]3C2=O)c1)c1ccccc1. The van der Waals surface area contributed by atoms with Crippen molar-refractivity contribution in [2.45, 2.75) is 38.1 Å². The highest BCUT2D eigenvalue weighted by Gasteiger charge is 2.50. The van der Waals surface area contributed by atoms with Gasteiger partial charge in [-0.1, -0.05) is 66.7 Å². The third kappa shape index (κ3) is 5.23. The Hall–Kier alpha value is -4.26. The van der Waals surface area contributed by atoms with Crippen LogP contribution in [0.4, 0.5) is 5.69 Å². The number of benzene rings is 3. The summed E-state index contributed by atoms with van der Waals surface area (Å²) in [5, 5.41) is 2.80. The highest BCUT2D eigenvalue weighted by atomic mass is 16.5. The van der Waals surface area contributed by atoms with Crippen molar-refractivity contribution in [3.63, 3.8) is 0 Å². The molecule has 194 valence electrons. The molecule has 5 rings (SSSR count). The molecule has 1 heterocycles. The lowest BCUT2D eigenvalue weighted by Crippen LogP contribution is -2.31. The second kappa shape index (κ2) is 11.0. The highest BCUT2D eigenvalue weighted by molar-refractivity contribution is 6.22. The van der Waals surface area contributed by atoms with Gasteiger partial charge in [0.25, 0.3) is 5.91 Å². The largest absolute Gasteiger partial charge is 0.452 e. The molecule has 7 nitrogen and oxygen atoms in total. The fourth-order valence-electron chi connectivity index (χ4n) is 5.56. The quantitative estimate of drug-likeness (QED) is 0.364. The predicted molar refractivity (Wildman–Crippen MR) is 142 cm³/mol. The second-order valence-electron chi connectivity index (χ2n) is 9.97. The van der Waals surface area contributed by atoms with Crippen LogP contribution in [0, 0.1) is 11.8 Å². The first-order valence-electron chi connectivity index (χ1n) is 13.0. The van der Waals surface area contributed by atoms with Gasteiger partial charge in [0.2, 0.25) is 11.8 Å². The van der Waals surface area contributed by atoms with E-state index >= 15 is 0 Å². The number of imide groups is 1. The molecule has 0 spiro atoms. The van der Waals surface area contributed by atoms with Crippen molar-refractivity contribution in [2.24, 2.45) is 11.8 Å². The summed E-state index contributed by atoms with van der Waals surface area (Å²) in [5.41, 5.74) is 2.65. The minimum atomic E-state index is -0.699. The number of amides is 3. The number of carbonyl (C=O) groups excluding carboxylic acids is 4. The molecule has 2 fully saturated rings. The summed E-state index contributed by atoms with van der Waals surface area (Å²) in [4.78, 5) is 52.8. The minimum Gasteiger partial charge on any atom is -0.452 e. The number of ether oxygens (including phenoxy) is 1. The number of fused-ring (bicyclic) bond motifs is 1. The zero-order chi connectivity index (χ0) is 26.6. The number of nitrogens with zero attached hydrogens (tertiary/aromatic N) is 1. The Labute approximate surface area is 221 Å². The first-order chi connectivity index (χ1) is 18.4. The molecule has 1 aliphatic carbocycles.